The molecule has 7 heteroatoms. The fourth-order valence-corrected chi connectivity index (χ4v) is 1.07. The number of nitrogens with one attached hydrogen (secondary N) is 1. The molecule has 0 aromatic heterocycles. The van der Waals surface area contributed by atoms with Crippen LogP contribution in [0.3, 0.4) is 0 Å². The Morgan fingerprint density at radius 2 is 1.71 bits per heavy atom. The monoisotopic (exact) mass is 251 g/mol. The van der Waals surface area contributed by atoms with E-state index in [4.69, 9.17) is 0 Å². The molecule has 0 unspecified atom stereocenters. The molecule has 94 valence electrons. The number of ether oxygens (including phenoxy) is 1. The summed E-state index contributed by atoms with van der Waals surface area (Å²) in [5.74, 6) is -6.28. The van der Waals surface area contributed by atoms with Gasteiger partial charge in [-0.15, -0.1) is 0 Å². The molecule has 0 bridgehead atoms. The fourth-order valence-electron chi connectivity index (χ4n) is 1.07. The van der Waals surface area contributed by atoms with Gasteiger partial charge in [0.05, 0.1) is 0 Å². The minimum absolute atomic E-state index is 0.0424. The molecule has 0 aliphatic rings. The van der Waals surface area contributed by atoms with Crippen LogP contribution in [0.4, 0.5) is 23.2 Å². The highest BCUT2D eigenvalue weighted by Crippen LogP contribution is 2.35. The van der Waals surface area contributed by atoms with E-state index in [0.29, 0.717) is 7.11 Å². The Kier molecular flexibility index (Phi) is 3.72. The van der Waals surface area contributed by atoms with E-state index in [0.717, 1.165) is 0 Å². The van der Waals surface area contributed by atoms with E-state index in [-0.39, 0.29) is 5.69 Å². The smallest absolute Gasteiger partial charge is 0.335 e. The van der Waals surface area contributed by atoms with Gasteiger partial charge in [0.1, 0.15) is 0 Å². The van der Waals surface area contributed by atoms with Crippen LogP contribution in [0.5, 0.6) is 0 Å². The van der Waals surface area contributed by atoms with Crippen molar-refractivity contribution in [2.24, 2.45) is 0 Å². The zero-order valence-electron chi connectivity index (χ0n) is 8.72. The van der Waals surface area contributed by atoms with E-state index in [1.807, 2.05) is 0 Å². The Morgan fingerprint density at radius 3 is 2.12 bits per heavy atom. The van der Waals surface area contributed by atoms with Gasteiger partial charge in [0, 0.05) is 12.8 Å². The number of anilines is 1. The summed E-state index contributed by atoms with van der Waals surface area (Å²) in [4.78, 5) is 11.2. The molecule has 0 spiro atoms. The number of carbonyl (C=O) groups excluding carboxylic acids is 1. The third-order valence-corrected chi connectivity index (χ3v) is 1.97. The van der Waals surface area contributed by atoms with E-state index in [2.05, 4.69) is 4.74 Å². The van der Waals surface area contributed by atoms with Crippen LogP contribution in [-0.4, -0.2) is 25.0 Å². The second-order valence-electron chi connectivity index (χ2n) is 3.12. The minimum atomic E-state index is -5.44. The Bertz CT molecular complexity index is 393. The molecule has 0 aliphatic carbocycles. The number of para-hydroxylation sites is 1. The van der Waals surface area contributed by atoms with Crippen LogP contribution in [-0.2, 0) is 9.53 Å². The SMILES string of the molecule is CO[C@](F)(C(=O)Nc1ccccc1)C(F)(F)F. The molecule has 0 fully saturated rings. The number of carbonyl (C=O) groups is 1. The number of amides is 1. The third-order valence-electron chi connectivity index (χ3n) is 1.97. The molecule has 0 radical (unpaired) electrons. The summed E-state index contributed by atoms with van der Waals surface area (Å²) >= 11 is 0. The van der Waals surface area contributed by atoms with Gasteiger partial charge < -0.3 is 10.1 Å². The first-order valence-corrected chi connectivity index (χ1v) is 4.48. The summed E-state index contributed by atoms with van der Waals surface area (Å²) < 4.78 is 53.9. The average molecular weight is 251 g/mol. The molecule has 1 amide bonds. The second kappa shape index (κ2) is 4.70. The first-order valence-electron chi connectivity index (χ1n) is 4.48. The van der Waals surface area contributed by atoms with Crippen LogP contribution >= 0.6 is 0 Å². The highest BCUT2D eigenvalue weighted by atomic mass is 19.4. The molecule has 0 saturated heterocycles. The van der Waals surface area contributed by atoms with Gasteiger partial charge >= 0.3 is 12.0 Å². The van der Waals surface area contributed by atoms with Gasteiger partial charge in [-0.25, -0.2) is 0 Å². The number of rotatable bonds is 3. The largest absolute Gasteiger partial charge is 0.458 e. The molecule has 0 saturated carbocycles. The van der Waals surface area contributed by atoms with Crippen LogP contribution in [0.15, 0.2) is 30.3 Å². The van der Waals surface area contributed by atoms with Gasteiger partial charge in [0.15, 0.2) is 0 Å². The number of hydrogen-bond acceptors (Lipinski definition) is 2. The molecule has 3 nitrogen and oxygen atoms in total. The normalized spacial score (nSPS) is 15.1. The highest BCUT2D eigenvalue weighted by Gasteiger charge is 2.63. The van der Waals surface area contributed by atoms with Crippen molar-refractivity contribution in [1.82, 2.24) is 0 Å². The number of halogens is 4. The predicted molar refractivity (Wildman–Crippen MR) is 52.0 cm³/mol. The summed E-state index contributed by atoms with van der Waals surface area (Å²) in [5, 5.41) is 1.78. The maximum atomic E-state index is 13.3. The molecule has 0 aliphatic heterocycles. The molecule has 1 atom stereocenters. The maximum Gasteiger partial charge on any atom is 0.458 e. The van der Waals surface area contributed by atoms with Gasteiger partial charge in [0.25, 0.3) is 5.91 Å². The Hall–Kier alpha value is -1.63. The summed E-state index contributed by atoms with van der Waals surface area (Å²) in [5.41, 5.74) is 0.0424. The molecule has 17 heavy (non-hydrogen) atoms. The van der Waals surface area contributed by atoms with Gasteiger partial charge in [-0.05, 0) is 12.1 Å². The van der Waals surface area contributed by atoms with E-state index < -0.39 is 17.9 Å². The number of benzene rings is 1. The molecule has 1 rings (SSSR count). The van der Waals surface area contributed by atoms with Crippen LogP contribution in [0, 0.1) is 0 Å². The average Bonchev–Trinajstić information content (AvgIpc) is 2.27. The lowest BCUT2D eigenvalue weighted by molar-refractivity contribution is -0.305. The fraction of sp³-hybridized carbons (Fsp3) is 0.300. The Labute approximate surface area is 94.4 Å². The van der Waals surface area contributed by atoms with Gasteiger partial charge in [-0.1, -0.05) is 18.2 Å². The van der Waals surface area contributed by atoms with Gasteiger partial charge in [-0.3, -0.25) is 4.79 Å². The van der Waals surface area contributed by atoms with Crippen molar-refractivity contribution in [3.63, 3.8) is 0 Å². The van der Waals surface area contributed by atoms with E-state index in [1.165, 1.54) is 24.3 Å². The molecular formula is C10H9F4NO2. The topological polar surface area (TPSA) is 38.3 Å². The van der Waals surface area contributed by atoms with E-state index in [1.54, 1.807) is 11.4 Å². The third kappa shape index (κ3) is 2.73. The molecule has 1 aromatic rings. The number of alkyl halides is 4. The van der Waals surface area contributed by atoms with Crippen molar-refractivity contribution in [1.29, 1.82) is 0 Å². The molecule has 1 aromatic carbocycles. The van der Waals surface area contributed by atoms with Crippen LogP contribution in [0.2, 0.25) is 0 Å². The summed E-state index contributed by atoms with van der Waals surface area (Å²) in [6.45, 7) is 0. The van der Waals surface area contributed by atoms with Crippen molar-refractivity contribution in [3.8, 4) is 0 Å². The quantitative estimate of drug-likeness (QED) is 0.838. The molecular weight excluding hydrogens is 242 g/mol. The zero-order chi connectivity index (χ0) is 13.1. The van der Waals surface area contributed by atoms with E-state index in [9.17, 15) is 22.4 Å². The van der Waals surface area contributed by atoms with Crippen molar-refractivity contribution in [2.75, 3.05) is 12.4 Å². The molecule has 1 N–H and O–H groups in total. The predicted octanol–water partition coefficient (Wildman–Crippen LogP) is 2.50. The highest BCUT2D eigenvalue weighted by molar-refractivity contribution is 5.96. The van der Waals surface area contributed by atoms with Crippen LogP contribution < -0.4 is 5.32 Å². The maximum absolute atomic E-state index is 13.3. The lowest BCUT2D eigenvalue weighted by atomic mass is 10.2. The standard InChI is InChI=1S/C10H9F4NO2/c1-17-9(11,10(12,13)14)8(16)15-7-5-3-2-4-6-7/h2-6H,1H3,(H,15,16)/t9-/m1/s1. The lowest BCUT2D eigenvalue weighted by Gasteiger charge is -2.24. The minimum Gasteiger partial charge on any atom is -0.335 e. The van der Waals surface area contributed by atoms with Crippen molar-refractivity contribution < 1.29 is 27.1 Å². The first-order chi connectivity index (χ1) is 7.81. The van der Waals surface area contributed by atoms with Gasteiger partial charge in [0.2, 0.25) is 0 Å². The summed E-state index contributed by atoms with van der Waals surface area (Å²) in [6.07, 6.45) is -5.44. The lowest BCUT2D eigenvalue weighted by Crippen LogP contribution is -2.52. The first kappa shape index (κ1) is 13.4. The van der Waals surface area contributed by atoms with Crippen LogP contribution in [0.25, 0.3) is 0 Å². The summed E-state index contributed by atoms with van der Waals surface area (Å²) in [6, 6.07) is 7.21. The second-order valence-corrected chi connectivity index (χ2v) is 3.12. The molecule has 0 heterocycles. The number of methoxy groups -OCH3 is 1. The van der Waals surface area contributed by atoms with Crippen LogP contribution in [0.1, 0.15) is 0 Å². The van der Waals surface area contributed by atoms with Gasteiger partial charge in [-0.2, -0.15) is 17.6 Å². The Balaban J connectivity index is 2.89. The van der Waals surface area contributed by atoms with Crippen molar-refractivity contribution in [2.45, 2.75) is 12.0 Å². The van der Waals surface area contributed by atoms with Crippen molar-refractivity contribution >= 4 is 11.6 Å². The Morgan fingerprint density at radius 1 is 1.18 bits per heavy atom. The summed E-state index contributed by atoms with van der Waals surface area (Å²) in [7, 11) is 0.470. The zero-order valence-corrected chi connectivity index (χ0v) is 8.72. The van der Waals surface area contributed by atoms with E-state index >= 15 is 0 Å². The number of hydrogen-bond donors (Lipinski definition) is 1. The van der Waals surface area contributed by atoms with Crippen molar-refractivity contribution in [3.05, 3.63) is 30.3 Å².